The van der Waals surface area contributed by atoms with Crippen molar-refractivity contribution in [2.75, 3.05) is 54.9 Å². The first-order valence-corrected chi connectivity index (χ1v) is 12.0. The molecule has 1 amide bonds. The molecule has 1 saturated heterocycles. The summed E-state index contributed by atoms with van der Waals surface area (Å²) < 4.78 is 13.4. The standard InChI is InChI=1S/C21H22Cl2FN7O2S/c1-12-26-17(10-18(27-12)31-4-2-30(3-5-31)6-7-32)28-21-25-11-16(34-21)20(33)29-19-14(22)8-13(24)9-15(19)23/h8-11,32H,2-7H2,1H3,(H,29,33)(H,25,26,27,28). The van der Waals surface area contributed by atoms with Crippen LogP contribution < -0.4 is 15.5 Å². The second kappa shape index (κ2) is 10.8. The van der Waals surface area contributed by atoms with Gasteiger partial charge in [0.2, 0.25) is 0 Å². The van der Waals surface area contributed by atoms with Gasteiger partial charge in [0.15, 0.2) is 5.13 Å². The molecule has 0 atom stereocenters. The number of nitrogens with one attached hydrogen (secondary N) is 2. The molecule has 0 saturated carbocycles. The molecule has 180 valence electrons. The Bertz CT molecular complexity index is 1160. The zero-order chi connectivity index (χ0) is 24.2. The number of aliphatic hydroxyl groups is 1. The number of piperazine rings is 1. The van der Waals surface area contributed by atoms with Gasteiger partial charge in [-0.05, 0) is 19.1 Å². The number of nitrogens with zero attached hydrogens (tertiary/aromatic N) is 5. The molecule has 9 nitrogen and oxygen atoms in total. The predicted molar refractivity (Wildman–Crippen MR) is 132 cm³/mol. The van der Waals surface area contributed by atoms with Gasteiger partial charge in [0.25, 0.3) is 5.91 Å². The van der Waals surface area contributed by atoms with Crippen LogP contribution in [0.4, 0.5) is 26.8 Å². The largest absolute Gasteiger partial charge is 0.395 e. The number of aliphatic hydroxyl groups excluding tert-OH is 1. The number of aromatic nitrogens is 3. The third-order valence-electron chi connectivity index (χ3n) is 5.15. The fraction of sp³-hybridized carbons (Fsp3) is 0.333. The minimum atomic E-state index is -0.594. The van der Waals surface area contributed by atoms with Gasteiger partial charge in [-0.25, -0.2) is 19.3 Å². The van der Waals surface area contributed by atoms with Crippen molar-refractivity contribution < 1.29 is 14.3 Å². The Hall–Kier alpha value is -2.57. The van der Waals surface area contributed by atoms with Gasteiger partial charge in [-0.15, -0.1) is 0 Å². The lowest BCUT2D eigenvalue weighted by Crippen LogP contribution is -2.47. The molecule has 13 heteroatoms. The molecule has 1 aliphatic heterocycles. The van der Waals surface area contributed by atoms with E-state index in [1.165, 1.54) is 6.20 Å². The molecule has 1 aromatic carbocycles. The number of halogens is 3. The lowest BCUT2D eigenvalue weighted by atomic mass is 10.3. The predicted octanol–water partition coefficient (Wildman–Crippen LogP) is 3.80. The number of hydrogen-bond acceptors (Lipinski definition) is 9. The molecule has 0 unspecified atom stereocenters. The van der Waals surface area contributed by atoms with E-state index >= 15 is 0 Å². The number of rotatable bonds is 7. The van der Waals surface area contributed by atoms with E-state index in [0.717, 1.165) is 55.5 Å². The van der Waals surface area contributed by atoms with Gasteiger partial charge in [-0.1, -0.05) is 34.5 Å². The molecular weight excluding hydrogens is 504 g/mol. The second-order valence-corrected chi connectivity index (χ2v) is 9.41. The van der Waals surface area contributed by atoms with E-state index in [9.17, 15) is 9.18 Å². The molecule has 3 heterocycles. The van der Waals surface area contributed by atoms with Crippen molar-refractivity contribution >= 4 is 62.9 Å². The van der Waals surface area contributed by atoms with Gasteiger partial charge >= 0.3 is 0 Å². The summed E-state index contributed by atoms with van der Waals surface area (Å²) in [5, 5.41) is 15.3. The van der Waals surface area contributed by atoms with Crippen molar-refractivity contribution in [3.05, 3.63) is 51.0 Å². The highest BCUT2D eigenvalue weighted by Crippen LogP contribution is 2.32. The summed E-state index contributed by atoms with van der Waals surface area (Å²) in [6, 6.07) is 3.99. The number of carbonyl (C=O) groups is 1. The maximum Gasteiger partial charge on any atom is 0.267 e. The van der Waals surface area contributed by atoms with Gasteiger partial charge in [0.05, 0.1) is 28.5 Å². The number of carbonyl (C=O) groups excluding carboxylic acids is 1. The summed E-state index contributed by atoms with van der Waals surface area (Å²) in [4.78, 5) is 30.5. The topological polar surface area (TPSA) is 107 Å². The molecule has 3 aromatic rings. The third kappa shape index (κ3) is 5.91. The Kier molecular flexibility index (Phi) is 7.79. The van der Waals surface area contributed by atoms with Crippen LogP contribution in [0.15, 0.2) is 24.4 Å². The van der Waals surface area contributed by atoms with Gasteiger partial charge in [-0.3, -0.25) is 9.69 Å². The minimum Gasteiger partial charge on any atom is -0.395 e. The van der Waals surface area contributed by atoms with Gasteiger partial charge in [0, 0.05) is 38.8 Å². The Morgan fingerprint density at radius 3 is 2.56 bits per heavy atom. The average Bonchev–Trinajstić information content (AvgIpc) is 3.25. The van der Waals surface area contributed by atoms with Crippen LogP contribution in [0, 0.1) is 12.7 Å². The van der Waals surface area contributed by atoms with E-state index in [4.69, 9.17) is 28.3 Å². The molecule has 2 aromatic heterocycles. The van der Waals surface area contributed by atoms with E-state index in [2.05, 4.69) is 35.4 Å². The van der Waals surface area contributed by atoms with Crippen molar-refractivity contribution in [1.82, 2.24) is 19.9 Å². The molecule has 1 aliphatic rings. The number of anilines is 4. The molecule has 0 radical (unpaired) electrons. The van der Waals surface area contributed by atoms with E-state index in [1.807, 2.05) is 13.0 Å². The van der Waals surface area contributed by atoms with Crippen molar-refractivity contribution in [3.8, 4) is 0 Å². The van der Waals surface area contributed by atoms with Gasteiger partial charge in [0.1, 0.15) is 28.2 Å². The summed E-state index contributed by atoms with van der Waals surface area (Å²) in [5.74, 6) is 0.901. The zero-order valence-electron chi connectivity index (χ0n) is 18.2. The average molecular weight is 526 g/mol. The fourth-order valence-corrected chi connectivity index (χ4v) is 4.78. The van der Waals surface area contributed by atoms with Crippen molar-refractivity contribution in [1.29, 1.82) is 0 Å². The smallest absolute Gasteiger partial charge is 0.267 e. The van der Waals surface area contributed by atoms with E-state index in [1.54, 1.807) is 0 Å². The highest BCUT2D eigenvalue weighted by Gasteiger charge is 2.20. The minimum absolute atomic E-state index is 0.00222. The molecule has 1 fully saturated rings. The van der Waals surface area contributed by atoms with Crippen molar-refractivity contribution in [2.45, 2.75) is 6.92 Å². The Morgan fingerprint density at radius 2 is 1.88 bits per heavy atom. The fourth-order valence-electron chi connectivity index (χ4n) is 3.50. The molecule has 0 bridgehead atoms. The lowest BCUT2D eigenvalue weighted by Gasteiger charge is -2.35. The molecular formula is C21H22Cl2FN7O2S. The van der Waals surface area contributed by atoms with E-state index in [0.29, 0.717) is 28.2 Å². The number of thiazole rings is 1. The SMILES string of the molecule is Cc1nc(Nc2ncc(C(=O)Nc3c(Cl)cc(F)cc3Cl)s2)cc(N2CCN(CCO)CC2)n1. The molecule has 3 N–H and O–H groups in total. The normalized spacial score (nSPS) is 14.3. The van der Waals surface area contributed by atoms with Crippen LogP contribution in [0.3, 0.4) is 0 Å². The maximum atomic E-state index is 13.4. The van der Waals surface area contributed by atoms with Crippen molar-refractivity contribution in [3.63, 3.8) is 0 Å². The number of β-amino-alcohol motifs (C(OH)–C–C–N with tert-alkyl or cyclic N) is 1. The van der Waals surface area contributed by atoms with Crippen molar-refractivity contribution in [2.24, 2.45) is 0 Å². The number of benzene rings is 1. The molecule has 0 spiro atoms. The second-order valence-electron chi connectivity index (χ2n) is 7.56. The number of hydrogen-bond donors (Lipinski definition) is 3. The first-order chi connectivity index (χ1) is 16.3. The quantitative estimate of drug-likeness (QED) is 0.427. The first kappa shape index (κ1) is 24.6. The summed E-state index contributed by atoms with van der Waals surface area (Å²) in [7, 11) is 0. The lowest BCUT2D eigenvalue weighted by molar-refractivity contribution is 0.103. The van der Waals surface area contributed by atoms with Crippen LogP contribution in [0.5, 0.6) is 0 Å². The summed E-state index contributed by atoms with van der Waals surface area (Å²) >= 11 is 13.1. The monoisotopic (exact) mass is 525 g/mol. The highest BCUT2D eigenvalue weighted by molar-refractivity contribution is 7.17. The Labute approximate surface area is 209 Å². The highest BCUT2D eigenvalue weighted by atomic mass is 35.5. The summed E-state index contributed by atoms with van der Waals surface area (Å²) in [5.41, 5.74) is 0.132. The van der Waals surface area contributed by atoms with Gasteiger partial charge in [-0.2, -0.15) is 0 Å². The number of amides is 1. The van der Waals surface area contributed by atoms with Gasteiger partial charge < -0.3 is 20.6 Å². The van der Waals surface area contributed by atoms with Crippen LogP contribution in [0.1, 0.15) is 15.5 Å². The first-order valence-electron chi connectivity index (χ1n) is 10.4. The van der Waals surface area contributed by atoms with E-state index in [-0.39, 0.29) is 22.3 Å². The maximum absolute atomic E-state index is 13.4. The summed E-state index contributed by atoms with van der Waals surface area (Å²) in [6.45, 7) is 5.92. The van der Waals surface area contributed by atoms with Crippen LogP contribution in [-0.2, 0) is 0 Å². The van der Waals surface area contributed by atoms with Crippen LogP contribution in [0.2, 0.25) is 10.0 Å². The molecule has 34 heavy (non-hydrogen) atoms. The Morgan fingerprint density at radius 1 is 1.18 bits per heavy atom. The van der Waals surface area contributed by atoms with E-state index < -0.39 is 11.7 Å². The van der Waals surface area contributed by atoms with Crippen LogP contribution >= 0.6 is 34.5 Å². The van der Waals surface area contributed by atoms with Crippen LogP contribution in [0.25, 0.3) is 0 Å². The zero-order valence-corrected chi connectivity index (χ0v) is 20.5. The number of aryl methyl sites for hydroxylation is 1. The summed E-state index contributed by atoms with van der Waals surface area (Å²) in [6.07, 6.45) is 1.42. The molecule has 4 rings (SSSR count). The third-order valence-corrected chi connectivity index (χ3v) is 6.65. The Balaban J connectivity index is 1.43. The van der Waals surface area contributed by atoms with Crippen LogP contribution in [-0.4, -0.2) is 70.2 Å². The molecule has 0 aliphatic carbocycles.